The number of allylic oxidation sites excluding steroid dienone is 2. The molecule has 0 amide bonds. The SMILES string of the molecule is Cc1c([C@H]2C=CCCC2)[nH]c2c(Cl)nc(Cl)cc12. The minimum absolute atomic E-state index is 0.445. The average Bonchev–Trinajstić information content (AvgIpc) is 2.69. The summed E-state index contributed by atoms with van der Waals surface area (Å²) in [6.45, 7) is 2.11. The van der Waals surface area contributed by atoms with Crippen LogP contribution in [0.3, 0.4) is 0 Å². The van der Waals surface area contributed by atoms with E-state index in [9.17, 15) is 0 Å². The largest absolute Gasteiger partial charge is 0.355 e. The Morgan fingerprint density at radius 1 is 1.39 bits per heavy atom. The van der Waals surface area contributed by atoms with Crippen molar-refractivity contribution >= 4 is 34.1 Å². The maximum Gasteiger partial charge on any atom is 0.154 e. The first-order chi connectivity index (χ1) is 8.66. The van der Waals surface area contributed by atoms with Crippen molar-refractivity contribution in [3.05, 3.63) is 39.8 Å². The van der Waals surface area contributed by atoms with Gasteiger partial charge >= 0.3 is 0 Å². The molecule has 1 N–H and O–H groups in total. The van der Waals surface area contributed by atoms with Crippen molar-refractivity contribution in [2.45, 2.75) is 32.1 Å². The highest BCUT2D eigenvalue weighted by atomic mass is 35.5. The summed E-state index contributed by atoms with van der Waals surface area (Å²) >= 11 is 12.1. The molecule has 18 heavy (non-hydrogen) atoms. The molecule has 0 unspecified atom stereocenters. The van der Waals surface area contributed by atoms with Gasteiger partial charge in [0.2, 0.25) is 0 Å². The van der Waals surface area contributed by atoms with Crippen LogP contribution in [0.15, 0.2) is 18.2 Å². The van der Waals surface area contributed by atoms with Gasteiger partial charge in [0, 0.05) is 17.0 Å². The second kappa shape index (κ2) is 4.60. The predicted octanol–water partition coefficient (Wildman–Crippen LogP) is 5.00. The Labute approximate surface area is 116 Å². The fraction of sp³-hybridized carbons (Fsp3) is 0.357. The Bertz CT molecular complexity index is 628. The lowest BCUT2D eigenvalue weighted by Crippen LogP contribution is -2.01. The molecule has 1 aliphatic rings. The lowest BCUT2D eigenvalue weighted by atomic mass is 9.91. The van der Waals surface area contributed by atoms with E-state index in [0.717, 1.165) is 10.9 Å². The Balaban J connectivity index is 2.19. The smallest absolute Gasteiger partial charge is 0.154 e. The van der Waals surface area contributed by atoms with E-state index >= 15 is 0 Å². The molecule has 0 spiro atoms. The zero-order valence-electron chi connectivity index (χ0n) is 10.1. The molecule has 94 valence electrons. The molecule has 2 nitrogen and oxygen atoms in total. The van der Waals surface area contributed by atoms with Gasteiger partial charge in [-0.2, -0.15) is 0 Å². The minimum Gasteiger partial charge on any atom is -0.355 e. The third kappa shape index (κ3) is 1.94. The third-order valence-electron chi connectivity index (χ3n) is 3.64. The van der Waals surface area contributed by atoms with Crippen LogP contribution in [0.1, 0.15) is 36.4 Å². The highest BCUT2D eigenvalue weighted by molar-refractivity contribution is 6.36. The van der Waals surface area contributed by atoms with Crippen LogP contribution in [0.4, 0.5) is 0 Å². The maximum absolute atomic E-state index is 6.14. The Morgan fingerprint density at radius 3 is 2.94 bits per heavy atom. The predicted molar refractivity (Wildman–Crippen MR) is 76.6 cm³/mol. The molecule has 0 fully saturated rings. The molecule has 2 aromatic heterocycles. The number of rotatable bonds is 1. The molecule has 2 aromatic rings. The Morgan fingerprint density at radius 2 is 2.22 bits per heavy atom. The molecular weight excluding hydrogens is 267 g/mol. The van der Waals surface area contributed by atoms with Crippen LogP contribution < -0.4 is 0 Å². The van der Waals surface area contributed by atoms with Crippen LogP contribution in [-0.4, -0.2) is 9.97 Å². The lowest BCUT2D eigenvalue weighted by Gasteiger charge is -2.15. The molecule has 0 saturated carbocycles. The molecule has 0 bridgehead atoms. The number of hydrogen-bond donors (Lipinski definition) is 1. The number of aryl methyl sites for hydroxylation is 1. The molecule has 3 rings (SSSR count). The van der Waals surface area contributed by atoms with E-state index in [1.54, 1.807) is 0 Å². The number of aromatic amines is 1. The van der Waals surface area contributed by atoms with Crippen molar-refractivity contribution in [3.63, 3.8) is 0 Å². The molecule has 0 radical (unpaired) electrons. The van der Waals surface area contributed by atoms with E-state index in [4.69, 9.17) is 23.2 Å². The fourth-order valence-corrected chi connectivity index (χ4v) is 3.17. The monoisotopic (exact) mass is 280 g/mol. The molecule has 0 saturated heterocycles. The molecule has 0 aliphatic heterocycles. The van der Waals surface area contributed by atoms with Gasteiger partial charge < -0.3 is 4.98 Å². The number of hydrogen-bond acceptors (Lipinski definition) is 1. The van der Waals surface area contributed by atoms with Crippen LogP contribution in [0, 0.1) is 6.92 Å². The second-order valence-corrected chi connectivity index (χ2v) is 5.53. The summed E-state index contributed by atoms with van der Waals surface area (Å²) in [6, 6.07) is 1.88. The van der Waals surface area contributed by atoms with Gasteiger partial charge in [-0.1, -0.05) is 35.4 Å². The molecule has 1 aliphatic carbocycles. The molecule has 1 atom stereocenters. The van der Waals surface area contributed by atoms with Crippen LogP contribution in [0.25, 0.3) is 10.9 Å². The summed E-state index contributed by atoms with van der Waals surface area (Å²) in [4.78, 5) is 7.51. The van der Waals surface area contributed by atoms with Crippen molar-refractivity contribution in [3.8, 4) is 0 Å². The number of fused-ring (bicyclic) bond motifs is 1. The number of H-pyrrole nitrogens is 1. The normalized spacial score (nSPS) is 19.6. The Kier molecular flexibility index (Phi) is 3.08. The van der Waals surface area contributed by atoms with Gasteiger partial charge in [0.1, 0.15) is 5.15 Å². The van der Waals surface area contributed by atoms with Crippen LogP contribution >= 0.6 is 23.2 Å². The first-order valence-corrected chi connectivity index (χ1v) is 6.93. The number of aromatic nitrogens is 2. The van der Waals surface area contributed by atoms with E-state index < -0.39 is 0 Å². The van der Waals surface area contributed by atoms with Crippen LogP contribution in [0.2, 0.25) is 10.3 Å². The lowest BCUT2D eigenvalue weighted by molar-refractivity contribution is 0.642. The van der Waals surface area contributed by atoms with Gasteiger partial charge in [-0.3, -0.25) is 0 Å². The second-order valence-electron chi connectivity index (χ2n) is 4.79. The summed E-state index contributed by atoms with van der Waals surface area (Å²) in [7, 11) is 0. The van der Waals surface area contributed by atoms with Crippen LogP contribution in [-0.2, 0) is 0 Å². The van der Waals surface area contributed by atoms with Crippen molar-refractivity contribution in [2.24, 2.45) is 0 Å². The first-order valence-electron chi connectivity index (χ1n) is 6.17. The van der Waals surface area contributed by atoms with Gasteiger partial charge in [0.25, 0.3) is 0 Å². The number of nitrogens with one attached hydrogen (secondary N) is 1. The first kappa shape index (κ1) is 12.1. The summed E-state index contributed by atoms with van der Waals surface area (Å²) in [5.74, 6) is 0.459. The summed E-state index contributed by atoms with van der Waals surface area (Å²) in [6.07, 6.45) is 8.14. The maximum atomic E-state index is 6.14. The van der Waals surface area contributed by atoms with Gasteiger partial charge in [-0.25, -0.2) is 4.98 Å². The third-order valence-corrected chi connectivity index (χ3v) is 4.10. The molecule has 4 heteroatoms. The Hall–Kier alpha value is -0.990. The summed E-state index contributed by atoms with van der Waals surface area (Å²) in [5, 5.41) is 1.97. The highest BCUT2D eigenvalue weighted by Crippen LogP contribution is 2.35. The zero-order chi connectivity index (χ0) is 12.7. The van der Waals surface area contributed by atoms with E-state index in [2.05, 4.69) is 29.0 Å². The molecule has 0 aromatic carbocycles. The van der Waals surface area contributed by atoms with Gasteiger partial charge in [0.05, 0.1) is 5.52 Å². The van der Waals surface area contributed by atoms with Gasteiger partial charge in [-0.15, -0.1) is 0 Å². The van der Waals surface area contributed by atoms with Crippen LogP contribution in [0.5, 0.6) is 0 Å². The number of pyridine rings is 1. The van der Waals surface area contributed by atoms with Crippen molar-refractivity contribution in [1.82, 2.24) is 9.97 Å². The molecular formula is C14H14Cl2N2. The fourth-order valence-electron chi connectivity index (χ4n) is 2.70. The van der Waals surface area contributed by atoms with E-state index in [0.29, 0.717) is 16.2 Å². The van der Waals surface area contributed by atoms with Gasteiger partial charge in [-0.05, 0) is 37.8 Å². The van der Waals surface area contributed by atoms with E-state index in [1.165, 1.54) is 30.5 Å². The summed E-state index contributed by atoms with van der Waals surface area (Å²) in [5.41, 5.74) is 3.37. The van der Waals surface area contributed by atoms with Crippen molar-refractivity contribution < 1.29 is 0 Å². The van der Waals surface area contributed by atoms with Crippen molar-refractivity contribution in [2.75, 3.05) is 0 Å². The quantitative estimate of drug-likeness (QED) is 0.578. The zero-order valence-corrected chi connectivity index (χ0v) is 11.6. The molecule has 2 heterocycles. The standard InChI is InChI=1S/C14H14Cl2N2/c1-8-10-7-11(15)17-14(16)13(10)18-12(8)9-5-3-2-4-6-9/h3,5,7,9,18H,2,4,6H2,1H3/t9-/m0/s1. The van der Waals surface area contributed by atoms with E-state index in [-0.39, 0.29) is 0 Å². The van der Waals surface area contributed by atoms with Gasteiger partial charge in [0.15, 0.2) is 5.15 Å². The average molecular weight is 281 g/mol. The number of nitrogens with zero attached hydrogens (tertiary/aromatic N) is 1. The number of halogens is 2. The topological polar surface area (TPSA) is 28.7 Å². The highest BCUT2D eigenvalue weighted by Gasteiger charge is 2.19. The summed E-state index contributed by atoms with van der Waals surface area (Å²) < 4.78 is 0. The van der Waals surface area contributed by atoms with Crippen molar-refractivity contribution in [1.29, 1.82) is 0 Å². The van der Waals surface area contributed by atoms with E-state index in [1.807, 2.05) is 6.07 Å². The minimum atomic E-state index is 0.445.